The molecule has 112 valence electrons. The average molecular weight is 296 g/mol. The Bertz CT molecular complexity index is 402. The molecular formula is C17H26ClNO. The molecule has 1 aliphatic rings. The maximum atomic E-state index is 10.8. The Morgan fingerprint density at radius 3 is 2.40 bits per heavy atom. The van der Waals surface area contributed by atoms with Crippen molar-refractivity contribution in [1.82, 2.24) is 0 Å². The lowest BCUT2D eigenvalue weighted by Gasteiger charge is -2.31. The molecule has 1 saturated carbocycles. The Hall–Kier alpha value is -0.570. The van der Waals surface area contributed by atoms with E-state index in [1.54, 1.807) is 0 Å². The number of nitrogens with two attached hydrogens (primary N) is 1. The standard InChI is InChI=1S/C17H26ClNO/c18-15-10-6-9-14(11-15)16(12-19)17(20)13-7-4-2-1-3-5-8-13/h6,9-11,13,16-17,20H,1-5,7-8,12,19H2. The van der Waals surface area contributed by atoms with Crippen LogP contribution in [0.15, 0.2) is 24.3 Å². The highest BCUT2D eigenvalue weighted by Gasteiger charge is 2.28. The predicted molar refractivity (Wildman–Crippen MR) is 85.1 cm³/mol. The summed E-state index contributed by atoms with van der Waals surface area (Å²) in [5, 5.41) is 11.5. The molecule has 2 unspecified atom stereocenters. The Labute approximate surface area is 127 Å². The van der Waals surface area contributed by atoms with Gasteiger partial charge < -0.3 is 10.8 Å². The third-order valence-electron chi connectivity index (χ3n) is 4.58. The molecule has 0 aromatic heterocycles. The van der Waals surface area contributed by atoms with Crippen molar-refractivity contribution in [2.45, 2.75) is 57.0 Å². The quantitative estimate of drug-likeness (QED) is 0.878. The molecule has 1 fully saturated rings. The highest BCUT2D eigenvalue weighted by Crippen LogP contribution is 2.32. The zero-order chi connectivity index (χ0) is 14.4. The van der Waals surface area contributed by atoms with Crippen molar-refractivity contribution in [2.75, 3.05) is 6.54 Å². The third-order valence-corrected chi connectivity index (χ3v) is 4.81. The lowest BCUT2D eigenvalue weighted by atomic mass is 9.79. The Morgan fingerprint density at radius 1 is 1.15 bits per heavy atom. The van der Waals surface area contributed by atoms with E-state index >= 15 is 0 Å². The van der Waals surface area contributed by atoms with Gasteiger partial charge in [-0.1, -0.05) is 55.8 Å². The number of aliphatic hydroxyl groups excluding tert-OH is 1. The maximum Gasteiger partial charge on any atom is 0.0648 e. The van der Waals surface area contributed by atoms with Crippen molar-refractivity contribution in [2.24, 2.45) is 11.7 Å². The number of rotatable bonds is 4. The van der Waals surface area contributed by atoms with E-state index in [4.69, 9.17) is 17.3 Å². The van der Waals surface area contributed by atoms with Crippen LogP contribution >= 0.6 is 11.6 Å². The topological polar surface area (TPSA) is 46.2 Å². The molecule has 2 atom stereocenters. The van der Waals surface area contributed by atoms with E-state index in [1.807, 2.05) is 24.3 Å². The summed E-state index contributed by atoms with van der Waals surface area (Å²) in [6.45, 7) is 0.470. The first kappa shape index (κ1) is 15.8. The van der Waals surface area contributed by atoms with Crippen LogP contribution in [-0.2, 0) is 0 Å². The SMILES string of the molecule is NCC(c1cccc(Cl)c1)C(O)C1CCCCCCC1. The summed E-state index contributed by atoms with van der Waals surface area (Å²) < 4.78 is 0. The van der Waals surface area contributed by atoms with E-state index in [0.717, 1.165) is 18.4 Å². The maximum absolute atomic E-state index is 10.8. The summed E-state index contributed by atoms with van der Waals surface area (Å²) in [6.07, 6.45) is 8.30. The molecule has 1 aromatic rings. The van der Waals surface area contributed by atoms with Crippen LogP contribution < -0.4 is 5.73 Å². The van der Waals surface area contributed by atoms with Crippen LogP contribution in [-0.4, -0.2) is 17.8 Å². The van der Waals surface area contributed by atoms with E-state index in [-0.39, 0.29) is 12.0 Å². The second-order valence-electron chi connectivity index (χ2n) is 5.99. The van der Waals surface area contributed by atoms with Gasteiger partial charge in [-0.2, -0.15) is 0 Å². The van der Waals surface area contributed by atoms with Crippen molar-refractivity contribution in [1.29, 1.82) is 0 Å². The van der Waals surface area contributed by atoms with Crippen molar-refractivity contribution in [3.8, 4) is 0 Å². The van der Waals surface area contributed by atoms with Crippen molar-refractivity contribution in [3.63, 3.8) is 0 Å². The summed E-state index contributed by atoms with van der Waals surface area (Å²) in [5.74, 6) is 0.376. The zero-order valence-corrected chi connectivity index (χ0v) is 12.9. The second-order valence-corrected chi connectivity index (χ2v) is 6.43. The van der Waals surface area contributed by atoms with Gasteiger partial charge in [0.05, 0.1) is 6.10 Å². The summed E-state index contributed by atoms with van der Waals surface area (Å²) in [5.41, 5.74) is 6.99. The average Bonchev–Trinajstić information content (AvgIpc) is 2.39. The number of benzene rings is 1. The summed E-state index contributed by atoms with van der Waals surface area (Å²) in [7, 11) is 0. The first-order valence-corrected chi connectivity index (χ1v) is 8.23. The van der Waals surface area contributed by atoms with E-state index < -0.39 is 0 Å². The number of hydrogen-bond donors (Lipinski definition) is 2. The van der Waals surface area contributed by atoms with Crippen LogP contribution in [0.1, 0.15) is 56.4 Å². The fourth-order valence-electron chi connectivity index (χ4n) is 3.37. The lowest BCUT2D eigenvalue weighted by Crippen LogP contribution is -2.33. The van der Waals surface area contributed by atoms with Gasteiger partial charge in [0.1, 0.15) is 0 Å². The van der Waals surface area contributed by atoms with Gasteiger partial charge in [-0.05, 0) is 36.5 Å². The molecule has 1 aromatic carbocycles. The smallest absolute Gasteiger partial charge is 0.0648 e. The van der Waals surface area contributed by atoms with Crippen molar-refractivity contribution < 1.29 is 5.11 Å². The molecule has 0 spiro atoms. The van der Waals surface area contributed by atoms with Crippen LogP contribution in [0.3, 0.4) is 0 Å². The van der Waals surface area contributed by atoms with Crippen LogP contribution in [0.2, 0.25) is 5.02 Å². The lowest BCUT2D eigenvalue weighted by molar-refractivity contribution is 0.0680. The molecule has 0 bridgehead atoms. The molecular weight excluding hydrogens is 270 g/mol. The van der Waals surface area contributed by atoms with Gasteiger partial charge in [-0.25, -0.2) is 0 Å². The second kappa shape index (κ2) is 8.02. The van der Waals surface area contributed by atoms with Gasteiger partial charge in [0, 0.05) is 17.5 Å². The van der Waals surface area contributed by atoms with E-state index in [2.05, 4.69) is 0 Å². The van der Waals surface area contributed by atoms with Crippen molar-refractivity contribution >= 4 is 11.6 Å². The molecule has 0 amide bonds. The first-order chi connectivity index (χ1) is 9.72. The molecule has 2 nitrogen and oxygen atoms in total. The van der Waals surface area contributed by atoms with Gasteiger partial charge in [-0.3, -0.25) is 0 Å². The number of aliphatic hydroxyl groups is 1. The minimum atomic E-state index is -0.350. The Morgan fingerprint density at radius 2 is 1.80 bits per heavy atom. The fourth-order valence-corrected chi connectivity index (χ4v) is 3.57. The van der Waals surface area contributed by atoms with E-state index in [9.17, 15) is 5.11 Å². The van der Waals surface area contributed by atoms with E-state index in [1.165, 1.54) is 32.1 Å². The van der Waals surface area contributed by atoms with Crippen molar-refractivity contribution in [3.05, 3.63) is 34.9 Å². The Balaban J connectivity index is 2.08. The number of halogens is 1. The zero-order valence-electron chi connectivity index (χ0n) is 12.1. The summed E-state index contributed by atoms with van der Waals surface area (Å²) >= 11 is 6.06. The summed E-state index contributed by atoms with van der Waals surface area (Å²) in [4.78, 5) is 0. The molecule has 3 heteroatoms. The molecule has 0 saturated heterocycles. The van der Waals surface area contributed by atoms with Gasteiger partial charge in [0.25, 0.3) is 0 Å². The minimum Gasteiger partial charge on any atom is -0.392 e. The number of hydrogen-bond acceptors (Lipinski definition) is 2. The molecule has 1 aliphatic carbocycles. The van der Waals surface area contributed by atoms with E-state index in [0.29, 0.717) is 17.5 Å². The molecule has 0 heterocycles. The normalized spacial score (nSPS) is 20.9. The molecule has 20 heavy (non-hydrogen) atoms. The summed E-state index contributed by atoms with van der Waals surface area (Å²) in [6, 6.07) is 7.76. The molecule has 2 rings (SSSR count). The van der Waals surface area contributed by atoms with Crippen LogP contribution in [0.25, 0.3) is 0 Å². The van der Waals surface area contributed by atoms with Gasteiger partial charge in [0.15, 0.2) is 0 Å². The van der Waals surface area contributed by atoms with Crippen LogP contribution in [0.4, 0.5) is 0 Å². The predicted octanol–water partition coefficient (Wildman–Crippen LogP) is 4.10. The molecule has 0 radical (unpaired) electrons. The molecule has 0 aliphatic heterocycles. The Kier molecular flexibility index (Phi) is 6.34. The third kappa shape index (κ3) is 4.21. The van der Waals surface area contributed by atoms with Gasteiger partial charge >= 0.3 is 0 Å². The van der Waals surface area contributed by atoms with Crippen LogP contribution in [0.5, 0.6) is 0 Å². The first-order valence-electron chi connectivity index (χ1n) is 7.86. The monoisotopic (exact) mass is 295 g/mol. The highest BCUT2D eigenvalue weighted by atomic mass is 35.5. The van der Waals surface area contributed by atoms with Gasteiger partial charge in [-0.15, -0.1) is 0 Å². The highest BCUT2D eigenvalue weighted by molar-refractivity contribution is 6.30. The minimum absolute atomic E-state index is 0.00173. The van der Waals surface area contributed by atoms with Crippen LogP contribution in [0, 0.1) is 5.92 Å². The van der Waals surface area contributed by atoms with Gasteiger partial charge in [0.2, 0.25) is 0 Å². The molecule has 3 N–H and O–H groups in total. The largest absolute Gasteiger partial charge is 0.392 e. The fraction of sp³-hybridized carbons (Fsp3) is 0.647.